The van der Waals surface area contributed by atoms with Gasteiger partial charge in [-0.2, -0.15) is 22.8 Å². The number of nitrogens with one attached hydrogen (secondary N) is 1. The maximum Gasteiger partial charge on any atom is 0.416 e. The second-order valence-electron chi connectivity index (χ2n) is 6.36. The highest BCUT2D eigenvalue weighted by molar-refractivity contribution is 7.92. The van der Waals surface area contributed by atoms with Gasteiger partial charge in [0.15, 0.2) is 5.65 Å². The van der Waals surface area contributed by atoms with E-state index in [2.05, 4.69) is 14.8 Å². The van der Waals surface area contributed by atoms with Crippen LogP contribution in [0.3, 0.4) is 0 Å². The molecule has 0 aliphatic rings. The number of aromatic nitrogens is 3. The molecular formula is C17H17F3N4O3S. The Morgan fingerprint density at radius 3 is 2.50 bits per heavy atom. The minimum atomic E-state index is -4.67. The first-order chi connectivity index (χ1) is 13.0. The maximum atomic E-state index is 13.1. The van der Waals surface area contributed by atoms with Crippen molar-refractivity contribution in [3.63, 3.8) is 0 Å². The summed E-state index contributed by atoms with van der Waals surface area (Å²) in [5, 5.41) is 3.78. The van der Waals surface area contributed by atoms with Gasteiger partial charge in [-0.25, -0.2) is 13.4 Å². The van der Waals surface area contributed by atoms with E-state index in [-0.39, 0.29) is 22.5 Å². The van der Waals surface area contributed by atoms with Crippen LogP contribution in [0, 0.1) is 6.92 Å². The van der Waals surface area contributed by atoms with Gasteiger partial charge in [0.1, 0.15) is 17.9 Å². The van der Waals surface area contributed by atoms with Crippen LogP contribution in [0.2, 0.25) is 0 Å². The molecule has 2 aromatic heterocycles. The minimum absolute atomic E-state index is 0.0926. The number of benzene rings is 1. The summed E-state index contributed by atoms with van der Waals surface area (Å²) in [5.74, 6) is 0.147. The van der Waals surface area contributed by atoms with Gasteiger partial charge >= 0.3 is 6.18 Å². The summed E-state index contributed by atoms with van der Waals surface area (Å²) in [6, 6.07) is 5.65. The molecule has 0 aliphatic carbocycles. The lowest BCUT2D eigenvalue weighted by molar-refractivity contribution is -0.137. The van der Waals surface area contributed by atoms with Crippen molar-refractivity contribution in [2.75, 3.05) is 4.72 Å². The number of aryl methyl sites for hydroxylation is 1. The Balaban J connectivity index is 2.01. The highest BCUT2D eigenvalue weighted by Crippen LogP contribution is 2.32. The molecule has 0 saturated carbocycles. The molecule has 0 fully saturated rings. The molecule has 0 amide bonds. The van der Waals surface area contributed by atoms with Crippen LogP contribution in [0.1, 0.15) is 25.0 Å². The highest BCUT2D eigenvalue weighted by atomic mass is 32.2. The van der Waals surface area contributed by atoms with Crippen LogP contribution < -0.4 is 9.46 Å². The van der Waals surface area contributed by atoms with Gasteiger partial charge in [-0.3, -0.25) is 4.72 Å². The van der Waals surface area contributed by atoms with Crippen LogP contribution in [0.25, 0.3) is 5.65 Å². The third-order valence-corrected chi connectivity index (χ3v) is 5.12. The van der Waals surface area contributed by atoms with Crippen LogP contribution in [0.4, 0.5) is 19.0 Å². The normalized spacial score (nSPS) is 12.5. The molecule has 0 saturated heterocycles. The summed E-state index contributed by atoms with van der Waals surface area (Å²) in [6.45, 7) is 5.35. The van der Waals surface area contributed by atoms with Crippen molar-refractivity contribution < 1.29 is 26.3 Å². The molecule has 0 aliphatic heterocycles. The van der Waals surface area contributed by atoms with E-state index in [9.17, 15) is 21.6 Å². The van der Waals surface area contributed by atoms with Crippen LogP contribution in [-0.4, -0.2) is 29.1 Å². The first-order valence-electron chi connectivity index (χ1n) is 8.18. The first kappa shape index (κ1) is 19.9. The minimum Gasteiger partial charge on any atom is -0.491 e. The smallest absolute Gasteiger partial charge is 0.416 e. The van der Waals surface area contributed by atoms with Crippen molar-refractivity contribution in [2.24, 2.45) is 0 Å². The molecule has 3 aromatic rings. The topological polar surface area (TPSA) is 85.6 Å². The molecule has 0 radical (unpaired) electrons. The molecule has 1 aromatic carbocycles. The average Bonchev–Trinajstić information content (AvgIpc) is 3.04. The molecule has 7 nitrogen and oxygen atoms in total. The molecule has 3 rings (SSSR count). The lowest BCUT2D eigenvalue weighted by atomic mass is 10.2. The number of hydrogen-bond acceptors (Lipinski definition) is 5. The van der Waals surface area contributed by atoms with Gasteiger partial charge in [0.2, 0.25) is 0 Å². The van der Waals surface area contributed by atoms with E-state index in [4.69, 9.17) is 4.74 Å². The molecule has 0 atom stereocenters. The Bertz CT molecular complexity index is 1120. The molecule has 2 heterocycles. The number of halogens is 3. The Labute approximate surface area is 159 Å². The van der Waals surface area contributed by atoms with Gasteiger partial charge in [-0.05, 0) is 56.7 Å². The standard InChI is InChI=1S/C17H17F3N4O3S/c1-10(2)27-14-5-4-13(6-11(14)3)28(25,26)23-16-8-12(17(18,19)20)7-15-21-9-22-24(15)16/h4-10,23H,1-3H3. The third-order valence-electron chi connectivity index (χ3n) is 3.76. The highest BCUT2D eigenvalue weighted by Gasteiger charge is 2.32. The summed E-state index contributed by atoms with van der Waals surface area (Å²) in [5.41, 5.74) is -0.599. The zero-order chi connectivity index (χ0) is 20.7. The van der Waals surface area contributed by atoms with Crippen LogP contribution in [-0.2, 0) is 16.2 Å². The van der Waals surface area contributed by atoms with E-state index in [1.54, 1.807) is 6.92 Å². The zero-order valence-corrected chi connectivity index (χ0v) is 16.0. The van der Waals surface area contributed by atoms with E-state index < -0.39 is 21.8 Å². The fourth-order valence-electron chi connectivity index (χ4n) is 2.53. The fourth-order valence-corrected chi connectivity index (χ4v) is 3.65. The zero-order valence-electron chi connectivity index (χ0n) is 15.1. The van der Waals surface area contributed by atoms with E-state index in [1.807, 2.05) is 13.8 Å². The van der Waals surface area contributed by atoms with Crippen molar-refractivity contribution in [2.45, 2.75) is 37.9 Å². The SMILES string of the molecule is Cc1cc(S(=O)(=O)Nc2cc(C(F)(F)F)cc3ncnn23)ccc1OC(C)C. The largest absolute Gasteiger partial charge is 0.491 e. The van der Waals surface area contributed by atoms with Crippen molar-refractivity contribution >= 4 is 21.5 Å². The van der Waals surface area contributed by atoms with E-state index in [1.165, 1.54) is 18.2 Å². The number of anilines is 1. The number of hydrogen-bond donors (Lipinski definition) is 1. The molecule has 0 spiro atoms. The summed E-state index contributed by atoms with van der Waals surface area (Å²) in [4.78, 5) is 3.59. The molecule has 28 heavy (non-hydrogen) atoms. The van der Waals surface area contributed by atoms with Crippen molar-refractivity contribution in [1.82, 2.24) is 14.6 Å². The van der Waals surface area contributed by atoms with Gasteiger partial charge in [-0.15, -0.1) is 0 Å². The van der Waals surface area contributed by atoms with Gasteiger partial charge in [0, 0.05) is 0 Å². The van der Waals surface area contributed by atoms with Crippen LogP contribution in [0.5, 0.6) is 5.75 Å². The van der Waals surface area contributed by atoms with E-state index in [0.29, 0.717) is 17.4 Å². The molecule has 150 valence electrons. The predicted octanol–water partition coefficient (Wildman–Crippen LogP) is 3.64. The van der Waals surface area contributed by atoms with Crippen molar-refractivity contribution in [3.8, 4) is 5.75 Å². The number of rotatable bonds is 5. The second-order valence-corrected chi connectivity index (χ2v) is 8.04. The number of fused-ring (bicyclic) bond motifs is 1. The van der Waals surface area contributed by atoms with Crippen LogP contribution in [0.15, 0.2) is 41.6 Å². The summed E-state index contributed by atoms with van der Waals surface area (Å²) in [7, 11) is -4.17. The molecule has 0 unspecified atom stereocenters. The fraction of sp³-hybridized carbons (Fsp3) is 0.294. The Morgan fingerprint density at radius 2 is 1.89 bits per heavy atom. The second kappa shape index (κ2) is 6.97. The summed E-state index contributed by atoms with van der Waals surface area (Å²) < 4.78 is 73.5. The summed E-state index contributed by atoms with van der Waals surface area (Å²) >= 11 is 0. The Morgan fingerprint density at radius 1 is 1.18 bits per heavy atom. The lowest BCUT2D eigenvalue weighted by Gasteiger charge is -2.15. The number of ether oxygens (including phenoxy) is 1. The average molecular weight is 414 g/mol. The Hall–Kier alpha value is -2.82. The number of pyridine rings is 1. The van der Waals surface area contributed by atoms with E-state index in [0.717, 1.165) is 16.9 Å². The van der Waals surface area contributed by atoms with Crippen LogP contribution >= 0.6 is 0 Å². The van der Waals surface area contributed by atoms with Gasteiger partial charge < -0.3 is 4.74 Å². The molecule has 0 bridgehead atoms. The number of alkyl halides is 3. The van der Waals surface area contributed by atoms with Crippen molar-refractivity contribution in [1.29, 1.82) is 0 Å². The number of sulfonamides is 1. The van der Waals surface area contributed by atoms with Gasteiger partial charge in [-0.1, -0.05) is 0 Å². The Kier molecular flexibility index (Phi) is 4.96. The summed E-state index contributed by atoms with van der Waals surface area (Å²) in [6.07, 6.45) is -3.72. The lowest BCUT2D eigenvalue weighted by Crippen LogP contribution is -2.17. The molecule has 11 heteroatoms. The van der Waals surface area contributed by atoms with Crippen molar-refractivity contribution in [3.05, 3.63) is 47.8 Å². The predicted molar refractivity (Wildman–Crippen MR) is 95.7 cm³/mol. The molecule has 1 N–H and O–H groups in total. The maximum absolute atomic E-state index is 13.1. The first-order valence-corrected chi connectivity index (χ1v) is 9.67. The monoisotopic (exact) mass is 414 g/mol. The third kappa shape index (κ3) is 4.03. The van der Waals surface area contributed by atoms with E-state index >= 15 is 0 Å². The van der Waals surface area contributed by atoms with Gasteiger partial charge in [0.25, 0.3) is 10.0 Å². The number of nitrogens with zero attached hydrogens (tertiary/aromatic N) is 3. The quantitative estimate of drug-likeness (QED) is 0.689. The van der Waals surface area contributed by atoms with Gasteiger partial charge in [0.05, 0.1) is 16.6 Å². The molecular weight excluding hydrogens is 397 g/mol.